The fourth-order valence-corrected chi connectivity index (χ4v) is 3.66. The van der Waals surface area contributed by atoms with Gasteiger partial charge in [-0.25, -0.2) is 0 Å². The molecule has 1 amide bonds. The molecule has 2 atom stereocenters. The molecule has 0 radical (unpaired) electrons. The van der Waals surface area contributed by atoms with Crippen LogP contribution < -0.4 is 14.8 Å². The molecular weight excluding hydrogens is 318 g/mol. The zero-order valence-corrected chi connectivity index (χ0v) is 14.2. The number of rotatable bonds is 4. The summed E-state index contributed by atoms with van der Waals surface area (Å²) >= 11 is 0. The van der Waals surface area contributed by atoms with Crippen LogP contribution in [-0.2, 0) is 4.79 Å². The van der Waals surface area contributed by atoms with Gasteiger partial charge in [0.15, 0.2) is 17.3 Å². The lowest BCUT2D eigenvalue weighted by molar-refractivity contribution is -0.117. The number of fused-ring (bicyclic) bond motifs is 1. The predicted octanol–water partition coefficient (Wildman–Crippen LogP) is 3.11. The molecule has 2 unspecified atom stereocenters. The van der Waals surface area contributed by atoms with Crippen LogP contribution in [0.5, 0.6) is 11.5 Å². The zero-order chi connectivity index (χ0) is 17.0. The van der Waals surface area contributed by atoms with Crippen LogP contribution in [-0.4, -0.2) is 29.3 Å². The van der Waals surface area contributed by atoms with Crippen molar-refractivity contribution in [2.45, 2.75) is 38.0 Å². The van der Waals surface area contributed by atoms with E-state index in [0.29, 0.717) is 24.9 Å². The first-order valence-electron chi connectivity index (χ1n) is 8.96. The van der Waals surface area contributed by atoms with Crippen LogP contribution in [0.2, 0.25) is 0 Å². The maximum Gasteiger partial charge on any atom is 0.229 e. The van der Waals surface area contributed by atoms with Crippen molar-refractivity contribution >= 4 is 11.7 Å². The number of benzene rings is 1. The molecule has 0 spiro atoms. The van der Waals surface area contributed by atoms with Crippen LogP contribution >= 0.6 is 0 Å². The normalized spacial score (nSPS) is 24.0. The minimum absolute atomic E-state index is 0.00281. The molecule has 130 valence electrons. The number of ether oxygens (including phenoxy) is 2. The van der Waals surface area contributed by atoms with Gasteiger partial charge in [0.2, 0.25) is 5.91 Å². The zero-order valence-electron chi connectivity index (χ0n) is 14.2. The first kappa shape index (κ1) is 14.8. The van der Waals surface area contributed by atoms with Gasteiger partial charge in [-0.1, -0.05) is 6.07 Å². The van der Waals surface area contributed by atoms with E-state index in [2.05, 4.69) is 15.5 Å². The predicted molar refractivity (Wildman–Crippen MR) is 92.2 cm³/mol. The topological polar surface area (TPSA) is 76.2 Å². The van der Waals surface area contributed by atoms with Gasteiger partial charge < -0.3 is 14.8 Å². The number of hydrogen-bond acceptors (Lipinski definition) is 4. The molecule has 1 aliphatic heterocycles. The summed E-state index contributed by atoms with van der Waals surface area (Å²) in [6, 6.07) is 5.99. The monoisotopic (exact) mass is 339 g/mol. The van der Waals surface area contributed by atoms with Crippen LogP contribution in [0, 0.1) is 12.8 Å². The molecule has 5 rings (SSSR count). The summed E-state index contributed by atoms with van der Waals surface area (Å²) in [6.07, 6.45) is 3.29. The Hall–Kier alpha value is -2.50. The maximum absolute atomic E-state index is 12.6. The maximum atomic E-state index is 12.6. The van der Waals surface area contributed by atoms with E-state index in [-0.39, 0.29) is 17.7 Å². The highest BCUT2D eigenvalue weighted by atomic mass is 16.6. The molecule has 2 heterocycles. The lowest BCUT2D eigenvalue weighted by Crippen LogP contribution is -2.16. The van der Waals surface area contributed by atoms with Crippen molar-refractivity contribution in [3.63, 3.8) is 0 Å². The molecule has 2 N–H and O–H groups in total. The first-order valence-corrected chi connectivity index (χ1v) is 8.96. The molecule has 1 aromatic heterocycles. The largest absolute Gasteiger partial charge is 0.486 e. The average Bonchev–Trinajstić information content (AvgIpc) is 3.54. The quantitative estimate of drug-likeness (QED) is 0.897. The molecule has 2 aromatic rings. The summed E-state index contributed by atoms with van der Waals surface area (Å²) in [5, 5.41) is 10.4. The van der Waals surface area contributed by atoms with Crippen LogP contribution in [0.15, 0.2) is 18.2 Å². The van der Waals surface area contributed by atoms with Crippen molar-refractivity contribution in [2.75, 3.05) is 18.5 Å². The highest BCUT2D eigenvalue weighted by Gasteiger charge is 2.44. The number of nitrogens with zero attached hydrogens (tertiary/aromatic N) is 1. The van der Waals surface area contributed by atoms with Gasteiger partial charge in [-0.15, -0.1) is 0 Å². The molecule has 25 heavy (non-hydrogen) atoms. The molecule has 6 heteroatoms. The SMILES string of the molecule is Cc1c(NC(=O)C2CC2c2ccc3c(c2)OCCO3)n[nH]c1C1CC1. The minimum Gasteiger partial charge on any atom is -0.486 e. The van der Waals surface area contributed by atoms with Crippen molar-refractivity contribution in [3.05, 3.63) is 35.0 Å². The summed E-state index contributed by atoms with van der Waals surface area (Å²) in [5.74, 6) is 3.16. The average molecular weight is 339 g/mol. The van der Waals surface area contributed by atoms with Crippen LogP contribution in [0.1, 0.15) is 47.9 Å². The van der Waals surface area contributed by atoms with E-state index >= 15 is 0 Å². The van der Waals surface area contributed by atoms with Crippen molar-refractivity contribution < 1.29 is 14.3 Å². The van der Waals surface area contributed by atoms with Crippen LogP contribution in [0.4, 0.5) is 5.82 Å². The molecular formula is C19H21N3O3. The van der Waals surface area contributed by atoms with Crippen molar-refractivity contribution in [1.82, 2.24) is 10.2 Å². The van der Waals surface area contributed by atoms with Crippen molar-refractivity contribution in [1.29, 1.82) is 0 Å². The molecule has 3 aliphatic rings. The lowest BCUT2D eigenvalue weighted by Gasteiger charge is -2.18. The fourth-order valence-electron chi connectivity index (χ4n) is 3.66. The van der Waals surface area contributed by atoms with Crippen LogP contribution in [0.25, 0.3) is 0 Å². The molecule has 1 aromatic carbocycles. The Balaban J connectivity index is 1.27. The van der Waals surface area contributed by atoms with E-state index in [4.69, 9.17) is 9.47 Å². The summed E-state index contributed by atoms with van der Waals surface area (Å²) in [4.78, 5) is 12.6. The number of carbonyl (C=O) groups excluding carboxylic acids is 1. The Morgan fingerprint density at radius 3 is 2.84 bits per heavy atom. The van der Waals surface area contributed by atoms with Crippen LogP contribution in [0.3, 0.4) is 0 Å². The van der Waals surface area contributed by atoms with Gasteiger partial charge >= 0.3 is 0 Å². The highest BCUT2D eigenvalue weighted by molar-refractivity contribution is 5.95. The first-order chi connectivity index (χ1) is 12.2. The molecule has 2 saturated carbocycles. The number of H-pyrrole nitrogens is 1. The Morgan fingerprint density at radius 1 is 1.24 bits per heavy atom. The van der Waals surface area contributed by atoms with Gasteiger partial charge in [0.05, 0.1) is 0 Å². The smallest absolute Gasteiger partial charge is 0.229 e. The lowest BCUT2D eigenvalue weighted by atomic mass is 10.1. The highest BCUT2D eigenvalue weighted by Crippen LogP contribution is 2.50. The second-order valence-electron chi connectivity index (χ2n) is 7.23. The summed E-state index contributed by atoms with van der Waals surface area (Å²) in [7, 11) is 0. The second-order valence-corrected chi connectivity index (χ2v) is 7.23. The fraction of sp³-hybridized carbons (Fsp3) is 0.474. The van der Waals surface area contributed by atoms with Crippen molar-refractivity contribution in [3.8, 4) is 11.5 Å². The number of aromatic amines is 1. The third-order valence-electron chi connectivity index (χ3n) is 5.40. The molecule has 0 saturated heterocycles. The Kier molecular flexibility index (Phi) is 3.26. The van der Waals surface area contributed by atoms with E-state index in [0.717, 1.165) is 29.0 Å². The van der Waals surface area contributed by atoms with Gasteiger partial charge in [-0.05, 0) is 49.8 Å². The molecule has 2 fully saturated rings. The third kappa shape index (κ3) is 2.65. The number of carbonyl (C=O) groups is 1. The minimum atomic E-state index is 0.00281. The van der Waals surface area contributed by atoms with E-state index < -0.39 is 0 Å². The third-order valence-corrected chi connectivity index (χ3v) is 5.40. The number of anilines is 1. The van der Waals surface area contributed by atoms with Gasteiger partial charge in [0.25, 0.3) is 0 Å². The molecule has 6 nitrogen and oxygen atoms in total. The van der Waals surface area contributed by atoms with Gasteiger partial charge in [0.1, 0.15) is 13.2 Å². The number of aromatic nitrogens is 2. The Morgan fingerprint density at radius 2 is 2.04 bits per heavy atom. The Bertz CT molecular complexity index is 840. The van der Waals surface area contributed by atoms with E-state index in [9.17, 15) is 4.79 Å². The second kappa shape index (κ2) is 5.51. The van der Waals surface area contributed by atoms with Crippen molar-refractivity contribution in [2.24, 2.45) is 5.92 Å². The van der Waals surface area contributed by atoms with E-state index in [1.807, 2.05) is 25.1 Å². The van der Waals surface area contributed by atoms with E-state index in [1.165, 1.54) is 18.5 Å². The Labute approximate surface area is 145 Å². The summed E-state index contributed by atoms with van der Waals surface area (Å²) in [6.45, 7) is 3.19. The molecule has 0 bridgehead atoms. The summed E-state index contributed by atoms with van der Waals surface area (Å²) in [5.41, 5.74) is 3.39. The number of nitrogens with one attached hydrogen (secondary N) is 2. The van der Waals surface area contributed by atoms with E-state index in [1.54, 1.807) is 0 Å². The number of hydrogen-bond donors (Lipinski definition) is 2. The van der Waals surface area contributed by atoms with Gasteiger partial charge in [0, 0.05) is 23.1 Å². The van der Waals surface area contributed by atoms with Gasteiger partial charge in [-0.2, -0.15) is 5.10 Å². The number of amides is 1. The standard InChI is InChI=1S/C19H21N3O3/c1-10-17(11-2-3-11)21-22-18(10)20-19(23)14-9-13(14)12-4-5-15-16(8-12)25-7-6-24-15/h4-5,8,11,13-14H,2-3,6-7,9H2,1H3,(H2,20,21,22,23). The molecule has 2 aliphatic carbocycles. The van der Waals surface area contributed by atoms with Gasteiger partial charge in [-0.3, -0.25) is 9.89 Å². The summed E-state index contributed by atoms with van der Waals surface area (Å²) < 4.78 is 11.2.